The molecule has 4 aromatic rings. The van der Waals surface area contributed by atoms with Crippen molar-refractivity contribution in [3.8, 4) is 22.8 Å². The molecule has 3 aromatic carbocycles. The fourth-order valence-electron chi connectivity index (χ4n) is 2.84. The molecule has 0 aliphatic rings. The van der Waals surface area contributed by atoms with Gasteiger partial charge in [-0.1, -0.05) is 48.5 Å². The molecule has 0 fully saturated rings. The van der Waals surface area contributed by atoms with Crippen LogP contribution in [0.4, 0.5) is 15.6 Å². The molecule has 0 bridgehead atoms. The predicted octanol–water partition coefficient (Wildman–Crippen LogP) is 5.88. The second kappa shape index (κ2) is 10.2. The molecule has 0 radical (unpaired) electrons. The summed E-state index contributed by atoms with van der Waals surface area (Å²) in [7, 11) is 1.51. The molecule has 1 amide bonds. The van der Waals surface area contributed by atoms with Gasteiger partial charge in [0.2, 0.25) is 5.13 Å². The molecule has 7 nitrogen and oxygen atoms in total. The highest BCUT2D eigenvalue weighted by Crippen LogP contribution is 2.28. The summed E-state index contributed by atoms with van der Waals surface area (Å²) >= 11 is 1.47. The van der Waals surface area contributed by atoms with Crippen molar-refractivity contribution in [1.29, 1.82) is 0 Å². The molecule has 160 valence electrons. The molecule has 4 rings (SSSR count). The van der Waals surface area contributed by atoms with Crippen LogP contribution >= 0.6 is 11.3 Å². The maximum absolute atomic E-state index is 12.1. The number of methoxy groups -OCH3 is 1. The van der Waals surface area contributed by atoms with Gasteiger partial charge in [-0.05, 0) is 35.9 Å². The minimum Gasteiger partial charge on any atom is -0.493 e. The molecule has 2 N–H and O–H groups in total. The molecule has 32 heavy (non-hydrogen) atoms. The minimum atomic E-state index is -0.601. The van der Waals surface area contributed by atoms with Crippen molar-refractivity contribution in [2.75, 3.05) is 17.9 Å². The van der Waals surface area contributed by atoms with Gasteiger partial charge in [-0.3, -0.25) is 10.7 Å². The molecule has 0 aliphatic carbocycles. The van der Waals surface area contributed by atoms with E-state index in [0.717, 1.165) is 16.8 Å². The Morgan fingerprint density at radius 3 is 2.50 bits per heavy atom. The average molecular weight is 445 g/mol. The van der Waals surface area contributed by atoms with Crippen LogP contribution in [-0.2, 0) is 0 Å². The lowest BCUT2D eigenvalue weighted by Gasteiger charge is -2.10. The summed E-state index contributed by atoms with van der Waals surface area (Å²) in [4.78, 5) is 16.7. The fourth-order valence-corrected chi connectivity index (χ4v) is 3.51. The van der Waals surface area contributed by atoms with Crippen LogP contribution in [0.25, 0.3) is 11.3 Å². The highest BCUT2D eigenvalue weighted by Gasteiger charge is 2.11. The van der Waals surface area contributed by atoms with Crippen molar-refractivity contribution in [2.24, 2.45) is 5.10 Å². The van der Waals surface area contributed by atoms with Gasteiger partial charge in [0.25, 0.3) is 0 Å². The summed E-state index contributed by atoms with van der Waals surface area (Å²) in [5.74, 6) is 0.719. The third-order valence-electron chi connectivity index (χ3n) is 4.36. The number of hydrazone groups is 1. The first-order chi connectivity index (χ1) is 15.7. The van der Waals surface area contributed by atoms with Gasteiger partial charge in [0.1, 0.15) is 0 Å². The summed E-state index contributed by atoms with van der Waals surface area (Å²) in [6.07, 6.45) is 1.04. The molecule has 0 unspecified atom stereocenters. The van der Waals surface area contributed by atoms with E-state index >= 15 is 0 Å². The van der Waals surface area contributed by atoms with Crippen molar-refractivity contribution in [3.05, 3.63) is 89.8 Å². The maximum Gasteiger partial charge on any atom is 0.417 e. The fraction of sp³-hybridized carbons (Fsp3) is 0.0417. The van der Waals surface area contributed by atoms with Crippen molar-refractivity contribution in [2.45, 2.75) is 0 Å². The first kappa shape index (κ1) is 21.1. The highest BCUT2D eigenvalue weighted by molar-refractivity contribution is 7.14. The average Bonchev–Trinajstić information content (AvgIpc) is 3.30. The van der Waals surface area contributed by atoms with Crippen LogP contribution in [0.1, 0.15) is 5.56 Å². The molecule has 1 heterocycles. The summed E-state index contributed by atoms with van der Waals surface area (Å²) in [6.45, 7) is 0. The van der Waals surface area contributed by atoms with Crippen LogP contribution in [-0.4, -0.2) is 24.4 Å². The normalized spacial score (nSPS) is 10.7. The number of thiazole rings is 1. The van der Waals surface area contributed by atoms with Crippen LogP contribution in [0.15, 0.2) is 89.3 Å². The summed E-state index contributed by atoms with van der Waals surface area (Å²) in [5.41, 5.74) is 6.29. The highest BCUT2D eigenvalue weighted by atomic mass is 32.1. The Balaban J connectivity index is 1.38. The second-order valence-corrected chi connectivity index (χ2v) is 7.42. The number of ether oxygens (including phenoxy) is 2. The number of carbonyl (C=O) groups excluding carboxylic acids is 1. The molecule has 8 heteroatoms. The molecule has 0 aliphatic heterocycles. The standard InChI is InChI=1S/C24H20N4O3S/c1-30-22-14-17(12-13-21(22)31-24(29)26-19-10-6-3-7-11-19)15-25-28-23-27-20(16-32-23)18-8-4-2-5-9-18/h2-16H,1H3,(H,26,29)(H,27,28). The quantitative estimate of drug-likeness (QED) is 0.275. The molecule has 1 aromatic heterocycles. The first-order valence-electron chi connectivity index (χ1n) is 9.73. The van der Waals surface area contributed by atoms with E-state index in [0.29, 0.717) is 22.3 Å². The van der Waals surface area contributed by atoms with E-state index in [1.54, 1.807) is 36.5 Å². The van der Waals surface area contributed by atoms with Crippen molar-refractivity contribution >= 4 is 34.5 Å². The SMILES string of the molecule is COc1cc(C=NNc2nc(-c3ccccc3)cs2)ccc1OC(=O)Nc1ccccc1. The van der Waals surface area contributed by atoms with Crippen LogP contribution < -0.4 is 20.2 Å². The number of aromatic nitrogens is 1. The molecular weight excluding hydrogens is 424 g/mol. The third kappa shape index (κ3) is 5.50. The minimum absolute atomic E-state index is 0.304. The first-order valence-corrected chi connectivity index (χ1v) is 10.6. The van der Waals surface area contributed by atoms with Gasteiger partial charge in [0.15, 0.2) is 11.5 Å². The lowest BCUT2D eigenvalue weighted by atomic mass is 10.2. The van der Waals surface area contributed by atoms with E-state index in [9.17, 15) is 4.79 Å². The smallest absolute Gasteiger partial charge is 0.417 e. The van der Waals surface area contributed by atoms with Crippen molar-refractivity contribution in [1.82, 2.24) is 4.98 Å². The molecule has 0 spiro atoms. The summed E-state index contributed by atoms with van der Waals surface area (Å²) in [6, 6.07) is 24.2. The van der Waals surface area contributed by atoms with Gasteiger partial charge < -0.3 is 9.47 Å². The molecule has 0 saturated heterocycles. The Labute approximate surface area is 189 Å². The Morgan fingerprint density at radius 1 is 1.00 bits per heavy atom. The van der Waals surface area contributed by atoms with Gasteiger partial charge in [0.05, 0.1) is 19.0 Å². The predicted molar refractivity (Wildman–Crippen MR) is 128 cm³/mol. The van der Waals surface area contributed by atoms with Crippen LogP contribution in [0, 0.1) is 0 Å². The molecule has 0 atom stereocenters. The van der Waals surface area contributed by atoms with Crippen LogP contribution in [0.3, 0.4) is 0 Å². The summed E-state index contributed by atoms with van der Waals surface area (Å²) < 4.78 is 10.7. The Kier molecular flexibility index (Phi) is 6.74. The number of carbonyl (C=O) groups is 1. The lowest BCUT2D eigenvalue weighted by Crippen LogP contribution is -2.17. The van der Waals surface area contributed by atoms with Crippen molar-refractivity contribution in [3.63, 3.8) is 0 Å². The topological polar surface area (TPSA) is 84.8 Å². The number of amides is 1. The zero-order valence-electron chi connectivity index (χ0n) is 17.2. The zero-order chi connectivity index (χ0) is 22.2. The van der Waals surface area contributed by atoms with E-state index in [-0.39, 0.29) is 0 Å². The Hall–Kier alpha value is -4.17. The molecule has 0 saturated carbocycles. The number of hydrogen-bond acceptors (Lipinski definition) is 7. The second-order valence-electron chi connectivity index (χ2n) is 6.56. The van der Waals surface area contributed by atoms with Gasteiger partial charge in [-0.25, -0.2) is 9.78 Å². The zero-order valence-corrected chi connectivity index (χ0v) is 18.0. The maximum atomic E-state index is 12.1. The van der Waals surface area contributed by atoms with E-state index in [1.165, 1.54) is 18.4 Å². The number of anilines is 2. The number of benzene rings is 3. The Bertz CT molecular complexity index is 1210. The largest absolute Gasteiger partial charge is 0.493 e. The van der Waals surface area contributed by atoms with Crippen LogP contribution in [0.2, 0.25) is 0 Å². The van der Waals surface area contributed by atoms with Gasteiger partial charge in [0, 0.05) is 16.6 Å². The third-order valence-corrected chi connectivity index (χ3v) is 5.11. The number of para-hydroxylation sites is 1. The monoisotopic (exact) mass is 444 g/mol. The van der Waals surface area contributed by atoms with E-state index < -0.39 is 6.09 Å². The van der Waals surface area contributed by atoms with Crippen LogP contribution in [0.5, 0.6) is 11.5 Å². The van der Waals surface area contributed by atoms with E-state index in [2.05, 4.69) is 20.8 Å². The van der Waals surface area contributed by atoms with Crippen molar-refractivity contribution < 1.29 is 14.3 Å². The lowest BCUT2D eigenvalue weighted by molar-refractivity contribution is 0.213. The van der Waals surface area contributed by atoms with E-state index in [4.69, 9.17) is 9.47 Å². The molecular formula is C24H20N4O3S. The van der Waals surface area contributed by atoms with E-state index in [1.807, 2.05) is 53.9 Å². The Morgan fingerprint density at radius 2 is 1.75 bits per heavy atom. The number of hydrogen-bond donors (Lipinski definition) is 2. The number of nitrogens with zero attached hydrogens (tertiary/aromatic N) is 2. The number of rotatable bonds is 7. The van der Waals surface area contributed by atoms with Gasteiger partial charge in [-0.2, -0.15) is 5.10 Å². The van der Waals surface area contributed by atoms with Gasteiger partial charge >= 0.3 is 6.09 Å². The summed E-state index contributed by atoms with van der Waals surface area (Å²) in [5, 5.41) is 9.56. The van der Waals surface area contributed by atoms with Gasteiger partial charge in [-0.15, -0.1) is 11.3 Å². The number of nitrogens with one attached hydrogen (secondary N) is 2.